The van der Waals surface area contributed by atoms with Crippen LogP contribution in [-0.4, -0.2) is 38.1 Å². The summed E-state index contributed by atoms with van der Waals surface area (Å²) >= 11 is 0. The van der Waals surface area contributed by atoms with E-state index in [0.717, 1.165) is 11.0 Å². The van der Waals surface area contributed by atoms with Crippen LogP contribution in [0.3, 0.4) is 0 Å². The summed E-state index contributed by atoms with van der Waals surface area (Å²) in [7, 11) is 6.22. The van der Waals surface area contributed by atoms with Crippen molar-refractivity contribution in [2.75, 3.05) is 27.7 Å². The van der Waals surface area contributed by atoms with E-state index in [2.05, 4.69) is 35.0 Å². The zero-order chi connectivity index (χ0) is 10.6. The predicted molar refractivity (Wildman–Crippen MR) is 50.9 cm³/mol. The number of carbonyl (C=O) groups excluding carboxylic acids is 1. The highest BCUT2D eigenvalue weighted by molar-refractivity contribution is 5.64. The van der Waals surface area contributed by atoms with Crippen molar-refractivity contribution < 1.29 is 14.4 Å². The molecule has 3 heteroatoms. The van der Waals surface area contributed by atoms with E-state index in [1.807, 2.05) is 0 Å². The Hall–Kier alpha value is -0.570. The minimum absolute atomic E-state index is 0.174. The third-order valence-corrected chi connectivity index (χ3v) is 2.15. The third-order valence-electron chi connectivity index (χ3n) is 2.15. The number of nitrogens with zero attached hydrogens (tertiary/aromatic N) is 1. The van der Waals surface area contributed by atoms with Gasteiger partial charge in [-0.05, 0) is 12.3 Å². The molecular weight excluding hydrogens is 166 g/mol. The Morgan fingerprint density at radius 2 is 1.77 bits per heavy atom. The summed E-state index contributed by atoms with van der Waals surface area (Å²) in [5, 5.41) is 10.5. The van der Waals surface area contributed by atoms with Crippen LogP contribution in [0, 0.1) is 11.8 Å². The molecule has 1 atom stereocenters. The third kappa shape index (κ3) is 6.58. The Labute approximate surface area is 80.9 Å². The van der Waals surface area contributed by atoms with Crippen LogP contribution in [0.25, 0.3) is 0 Å². The summed E-state index contributed by atoms with van der Waals surface area (Å²) in [6.07, 6.45) is 0.174. The molecule has 0 N–H and O–H groups in total. The fourth-order valence-corrected chi connectivity index (χ4v) is 1.43. The summed E-state index contributed by atoms with van der Waals surface area (Å²) in [6.45, 7) is 5.00. The Balaban J connectivity index is 4.19. The van der Waals surface area contributed by atoms with Crippen molar-refractivity contribution in [1.29, 1.82) is 0 Å². The monoisotopic (exact) mass is 187 g/mol. The van der Waals surface area contributed by atoms with Crippen molar-refractivity contribution >= 4 is 5.97 Å². The molecule has 0 aromatic carbocycles. The lowest BCUT2D eigenvalue weighted by atomic mass is 9.91. The van der Waals surface area contributed by atoms with Crippen LogP contribution >= 0.6 is 0 Å². The van der Waals surface area contributed by atoms with Crippen molar-refractivity contribution in [3.63, 3.8) is 0 Å². The van der Waals surface area contributed by atoms with E-state index in [0.29, 0.717) is 5.92 Å². The summed E-state index contributed by atoms with van der Waals surface area (Å²) in [5.41, 5.74) is 0. The molecule has 0 bridgehead atoms. The van der Waals surface area contributed by atoms with Crippen LogP contribution in [0.1, 0.15) is 20.3 Å². The standard InChI is InChI=1S/C10H21NO2/c1-8(2)9(6-10(12)13)7-11(3,4)5/h8-9H,6-7H2,1-5H3/t9-/m1/s1. The number of hydrogen-bond donors (Lipinski definition) is 0. The quantitative estimate of drug-likeness (QED) is 0.573. The first kappa shape index (κ1) is 12.4. The first-order valence-corrected chi connectivity index (χ1v) is 4.72. The molecule has 0 saturated heterocycles. The highest BCUT2D eigenvalue weighted by atomic mass is 16.4. The van der Waals surface area contributed by atoms with E-state index < -0.39 is 5.97 Å². The molecule has 0 aliphatic heterocycles. The number of quaternary nitrogens is 1. The smallest absolute Gasteiger partial charge is 0.0815 e. The maximum absolute atomic E-state index is 10.5. The molecule has 0 radical (unpaired) electrons. The summed E-state index contributed by atoms with van der Waals surface area (Å²) < 4.78 is 0.802. The van der Waals surface area contributed by atoms with Gasteiger partial charge in [0.05, 0.1) is 27.7 Å². The van der Waals surface area contributed by atoms with Crippen molar-refractivity contribution in [2.45, 2.75) is 20.3 Å². The number of carboxylic acids is 1. The summed E-state index contributed by atoms with van der Waals surface area (Å²) in [4.78, 5) is 10.5. The van der Waals surface area contributed by atoms with E-state index >= 15 is 0 Å². The summed E-state index contributed by atoms with van der Waals surface area (Å²) in [6, 6.07) is 0. The fraction of sp³-hybridized carbons (Fsp3) is 0.900. The van der Waals surface area contributed by atoms with Crippen LogP contribution in [-0.2, 0) is 4.79 Å². The molecule has 0 heterocycles. The lowest BCUT2D eigenvalue weighted by Crippen LogP contribution is -2.42. The number of hydrogen-bond acceptors (Lipinski definition) is 2. The highest BCUT2D eigenvalue weighted by Gasteiger charge is 2.21. The molecule has 0 saturated carbocycles. The number of rotatable bonds is 5. The van der Waals surface area contributed by atoms with E-state index in [1.165, 1.54) is 0 Å². The van der Waals surface area contributed by atoms with Gasteiger partial charge in [0.25, 0.3) is 0 Å². The van der Waals surface area contributed by atoms with E-state index in [9.17, 15) is 9.90 Å². The maximum atomic E-state index is 10.5. The molecule has 0 rings (SSSR count). The molecule has 0 aromatic heterocycles. The second-order valence-electron chi connectivity index (χ2n) is 5.05. The average molecular weight is 187 g/mol. The molecule has 0 spiro atoms. The fourth-order valence-electron chi connectivity index (χ4n) is 1.43. The Kier molecular flexibility index (Phi) is 4.40. The number of aliphatic carboxylic acids is 1. The van der Waals surface area contributed by atoms with Gasteiger partial charge < -0.3 is 14.4 Å². The lowest BCUT2D eigenvalue weighted by molar-refractivity contribution is -0.874. The van der Waals surface area contributed by atoms with Gasteiger partial charge in [-0.2, -0.15) is 0 Å². The van der Waals surface area contributed by atoms with Crippen LogP contribution in [0.5, 0.6) is 0 Å². The van der Waals surface area contributed by atoms with E-state index in [-0.39, 0.29) is 12.3 Å². The second kappa shape index (κ2) is 4.61. The Bertz CT molecular complexity index is 170. The SMILES string of the molecule is CC(C)[C@H](CC(=O)[O-])C[N+](C)(C)C. The number of carboxylic acid groups (broad SMARTS) is 1. The predicted octanol–water partition coefficient (Wildman–Crippen LogP) is 0.105. The highest BCUT2D eigenvalue weighted by Crippen LogP contribution is 2.17. The van der Waals surface area contributed by atoms with Gasteiger partial charge in [-0.25, -0.2) is 0 Å². The average Bonchev–Trinajstić information content (AvgIpc) is 1.81. The van der Waals surface area contributed by atoms with Gasteiger partial charge in [0.1, 0.15) is 0 Å². The molecule has 13 heavy (non-hydrogen) atoms. The molecule has 0 aliphatic carbocycles. The Morgan fingerprint density at radius 3 is 2.00 bits per heavy atom. The van der Waals surface area contributed by atoms with Crippen molar-refractivity contribution in [2.24, 2.45) is 11.8 Å². The zero-order valence-electron chi connectivity index (χ0n) is 9.33. The van der Waals surface area contributed by atoms with Crippen molar-refractivity contribution in [3.05, 3.63) is 0 Å². The molecule has 3 nitrogen and oxygen atoms in total. The summed E-state index contributed by atoms with van der Waals surface area (Å²) in [5.74, 6) is -0.326. The maximum Gasteiger partial charge on any atom is 0.0815 e. The molecular formula is C10H21NO2. The molecule has 0 unspecified atom stereocenters. The topological polar surface area (TPSA) is 40.1 Å². The minimum atomic E-state index is -0.938. The molecule has 0 fully saturated rings. The van der Waals surface area contributed by atoms with Crippen LogP contribution in [0.15, 0.2) is 0 Å². The van der Waals surface area contributed by atoms with Gasteiger partial charge in [-0.3, -0.25) is 0 Å². The zero-order valence-corrected chi connectivity index (χ0v) is 9.33. The largest absolute Gasteiger partial charge is 0.550 e. The van der Waals surface area contributed by atoms with Gasteiger partial charge in [-0.1, -0.05) is 13.8 Å². The van der Waals surface area contributed by atoms with Gasteiger partial charge in [0.15, 0.2) is 0 Å². The van der Waals surface area contributed by atoms with Crippen LogP contribution < -0.4 is 5.11 Å². The first-order chi connectivity index (χ1) is 5.72. The Morgan fingerprint density at radius 1 is 1.31 bits per heavy atom. The second-order valence-corrected chi connectivity index (χ2v) is 5.05. The van der Waals surface area contributed by atoms with E-state index in [1.54, 1.807) is 0 Å². The van der Waals surface area contributed by atoms with Gasteiger partial charge in [0.2, 0.25) is 0 Å². The first-order valence-electron chi connectivity index (χ1n) is 4.72. The van der Waals surface area contributed by atoms with Crippen molar-refractivity contribution in [1.82, 2.24) is 0 Å². The lowest BCUT2D eigenvalue weighted by Gasteiger charge is -2.31. The number of carbonyl (C=O) groups is 1. The van der Waals surface area contributed by atoms with Crippen molar-refractivity contribution in [3.8, 4) is 0 Å². The van der Waals surface area contributed by atoms with Crippen LogP contribution in [0.2, 0.25) is 0 Å². The van der Waals surface area contributed by atoms with Gasteiger partial charge in [0, 0.05) is 11.9 Å². The van der Waals surface area contributed by atoms with Gasteiger partial charge in [-0.15, -0.1) is 0 Å². The molecule has 0 amide bonds. The van der Waals surface area contributed by atoms with Crippen LogP contribution in [0.4, 0.5) is 0 Å². The molecule has 0 aliphatic rings. The normalized spacial score (nSPS) is 14.6. The molecule has 78 valence electrons. The van der Waals surface area contributed by atoms with Gasteiger partial charge >= 0.3 is 0 Å². The minimum Gasteiger partial charge on any atom is -0.550 e. The van der Waals surface area contributed by atoms with E-state index in [4.69, 9.17) is 0 Å². The molecule has 0 aromatic rings.